The van der Waals surface area contributed by atoms with E-state index in [0.717, 1.165) is 39.6 Å². The Kier molecular flexibility index (Phi) is 5.42. The molecule has 2 aromatic rings. The summed E-state index contributed by atoms with van der Waals surface area (Å²) in [7, 11) is 0. The minimum absolute atomic E-state index is 0.124. The summed E-state index contributed by atoms with van der Waals surface area (Å²) in [5.41, 5.74) is 8.72. The van der Waals surface area contributed by atoms with Crippen molar-refractivity contribution in [2.24, 2.45) is 0 Å². The molecule has 1 aromatic carbocycles. The first-order chi connectivity index (χ1) is 10.1. The fourth-order valence-corrected chi connectivity index (χ4v) is 3.10. The van der Waals surface area contributed by atoms with Gasteiger partial charge in [0.05, 0.1) is 17.8 Å². The van der Waals surface area contributed by atoms with E-state index >= 15 is 0 Å². The van der Waals surface area contributed by atoms with Crippen molar-refractivity contribution in [2.75, 3.05) is 23.8 Å². The van der Waals surface area contributed by atoms with Gasteiger partial charge in [-0.3, -0.25) is 4.98 Å². The Morgan fingerprint density at radius 2 is 2.05 bits per heavy atom. The molecule has 0 saturated carbocycles. The van der Waals surface area contributed by atoms with Gasteiger partial charge in [-0.15, -0.1) is 0 Å². The molecule has 3 N–H and O–H groups in total. The third-order valence-electron chi connectivity index (χ3n) is 3.86. The first-order valence-electron chi connectivity index (χ1n) is 7.33. The van der Waals surface area contributed by atoms with Gasteiger partial charge >= 0.3 is 0 Å². The van der Waals surface area contributed by atoms with Crippen LogP contribution >= 0.6 is 15.9 Å². The van der Waals surface area contributed by atoms with Crippen LogP contribution < -0.4 is 10.6 Å². The number of aliphatic hydroxyl groups is 1. The first kappa shape index (κ1) is 16.0. The van der Waals surface area contributed by atoms with Gasteiger partial charge in [0.15, 0.2) is 0 Å². The zero-order chi connectivity index (χ0) is 15.4. The maximum atomic E-state index is 9.41. The number of pyridine rings is 1. The van der Waals surface area contributed by atoms with Crippen LogP contribution in [0, 0.1) is 0 Å². The summed E-state index contributed by atoms with van der Waals surface area (Å²) in [4.78, 5) is 6.78. The van der Waals surface area contributed by atoms with Crippen molar-refractivity contribution in [2.45, 2.75) is 32.7 Å². The number of nitrogens with two attached hydrogens (primary N) is 1. The van der Waals surface area contributed by atoms with Gasteiger partial charge in [0.1, 0.15) is 0 Å². The largest absolute Gasteiger partial charge is 0.398 e. The van der Waals surface area contributed by atoms with E-state index < -0.39 is 0 Å². The molecule has 0 saturated heterocycles. The first-order valence-corrected chi connectivity index (χ1v) is 8.12. The monoisotopic (exact) mass is 351 g/mol. The summed E-state index contributed by atoms with van der Waals surface area (Å²) in [5.74, 6) is 0. The van der Waals surface area contributed by atoms with Crippen LogP contribution in [0.25, 0.3) is 10.9 Å². The molecular weight excluding hydrogens is 330 g/mol. The molecule has 0 radical (unpaired) electrons. The maximum Gasteiger partial charge on any atom is 0.0956 e. The number of nitrogens with zero attached hydrogens (tertiary/aromatic N) is 2. The van der Waals surface area contributed by atoms with Crippen molar-refractivity contribution in [3.63, 3.8) is 0 Å². The summed E-state index contributed by atoms with van der Waals surface area (Å²) in [6.07, 6.45) is 3.84. The molecule has 0 unspecified atom stereocenters. The number of aliphatic hydroxyl groups excluding tert-OH is 1. The second-order valence-corrected chi connectivity index (χ2v) is 6.03. The van der Waals surface area contributed by atoms with Crippen LogP contribution in [0.15, 0.2) is 28.9 Å². The van der Waals surface area contributed by atoms with Gasteiger partial charge in [-0.2, -0.15) is 0 Å². The summed E-state index contributed by atoms with van der Waals surface area (Å²) in [5, 5.41) is 10.4. The van der Waals surface area contributed by atoms with Gasteiger partial charge in [0, 0.05) is 34.3 Å². The zero-order valence-electron chi connectivity index (χ0n) is 12.5. The van der Waals surface area contributed by atoms with Gasteiger partial charge in [0.2, 0.25) is 0 Å². The average molecular weight is 352 g/mol. The number of hydrogen-bond donors (Lipinski definition) is 2. The molecule has 0 aliphatic heterocycles. The minimum Gasteiger partial charge on any atom is -0.398 e. The van der Waals surface area contributed by atoms with Crippen LogP contribution in [0.1, 0.15) is 26.7 Å². The lowest BCUT2D eigenvalue weighted by molar-refractivity contribution is 0.296. The molecule has 4 nitrogen and oxygen atoms in total. The van der Waals surface area contributed by atoms with E-state index in [1.54, 1.807) is 6.20 Å². The maximum absolute atomic E-state index is 9.41. The SMILES string of the molecule is CCC(CC)N(CCO)c1ccc(N)c2cc(Br)cnc12. The quantitative estimate of drug-likeness (QED) is 0.781. The second-order valence-electron chi connectivity index (χ2n) is 5.11. The zero-order valence-corrected chi connectivity index (χ0v) is 14.1. The molecule has 2 rings (SSSR count). The smallest absolute Gasteiger partial charge is 0.0956 e. The number of fused-ring (bicyclic) bond motifs is 1. The molecule has 1 heterocycles. The Morgan fingerprint density at radius 1 is 1.33 bits per heavy atom. The van der Waals surface area contributed by atoms with Crippen molar-refractivity contribution < 1.29 is 5.11 Å². The number of benzene rings is 1. The van der Waals surface area contributed by atoms with Crippen molar-refractivity contribution in [1.82, 2.24) is 4.98 Å². The fraction of sp³-hybridized carbons (Fsp3) is 0.438. The summed E-state index contributed by atoms with van der Waals surface area (Å²) in [6.45, 7) is 5.06. The van der Waals surface area contributed by atoms with E-state index in [2.05, 4.69) is 39.7 Å². The van der Waals surface area contributed by atoms with Crippen molar-refractivity contribution in [1.29, 1.82) is 0 Å². The lowest BCUT2D eigenvalue weighted by Crippen LogP contribution is -2.37. The van der Waals surface area contributed by atoms with E-state index in [1.165, 1.54) is 0 Å². The van der Waals surface area contributed by atoms with Crippen molar-refractivity contribution in [3.8, 4) is 0 Å². The predicted octanol–water partition coefficient (Wildman–Crippen LogP) is 3.57. The molecular formula is C16H22BrN3O. The number of nitrogen functional groups attached to an aromatic ring is 1. The van der Waals surface area contributed by atoms with E-state index in [4.69, 9.17) is 5.73 Å². The summed E-state index contributed by atoms with van der Waals surface area (Å²) < 4.78 is 0.912. The molecule has 0 amide bonds. The molecule has 5 heteroatoms. The van der Waals surface area contributed by atoms with Crippen LogP contribution in [-0.4, -0.2) is 29.3 Å². The molecule has 0 bridgehead atoms. The Bertz CT molecular complexity index is 614. The molecule has 21 heavy (non-hydrogen) atoms. The number of hydrogen-bond acceptors (Lipinski definition) is 4. The van der Waals surface area contributed by atoms with Gasteiger partial charge in [0.25, 0.3) is 0 Å². The van der Waals surface area contributed by atoms with Crippen LogP contribution in [0.3, 0.4) is 0 Å². The Morgan fingerprint density at radius 3 is 2.67 bits per heavy atom. The minimum atomic E-state index is 0.124. The predicted molar refractivity (Wildman–Crippen MR) is 92.7 cm³/mol. The van der Waals surface area contributed by atoms with E-state index in [-0.39, 0.29) is 6.61 Å². The van der Waals surface area contributed by atoms with Gasteiger partial charge in [-0.25, -0.2) is 0 Å². The fourth-order valence-electron chi connectivity index (χ4n) is 2.77. The van der Waals surface area contributed by atoms with E-state index in [1.807, 2.05) is 18.2 Å². The molecule has 0 atom stereocenters. The van der Waals surface area contributed by atoms with Crippen molar-refractivity contribution in [3.05, 3.63) is 28.9 Å². The van der Waals surface area contributed by atoms with E-state index in [0.29, 0.717) is 12.6 Å². The standard InChI is InChI=1S/C16H22BrN3O/c1-3-12(4-2)20(7-8-21)15-6-5-14(18)13-9-11(17)10-19-16(13)15/h5-6,9-10,12,21H,3-4,7-8,18H2,1-2H3. The highest BCUT2D eigenvalue weighted by atomic mass is 79.9. The summed E-state index contributed by atoms with van der Waals surface area (Å²) >= 11 is 3.44. The van der Waals surface area contributed by atoms with Gasteiger partial charge < -0.3 is 15.7 Å². The number of aromatic nitrogens is 1. The van der Waals surface area contributed by atoms with Crippen LogP contribution in [0.4, 0.5) is 11.4 Å². The number of rotatable bonds is 6. The average Bonchev–Trinajstić information content (AvgIpc) is 2.49. The lowest BCUT2D eigenvalue weighted by Gasteiger charge is -2.32. The number of anilines is 2. The van der Waals surface area contributed by atoms with E-state index in [9.17, 15) is 5.11 Å². The molecule has 114 valence electrons. The van der Waals surface area contributed by atoms with Gasteiger partial charge in [-0.1, -0.05) is 13.8 Å². The molecule has 0 aliphatic rings. The van der Waals surface area contributed by atoms with Crippen LogP contribution in [-0.2, 0) is 0 Å². The normalized spacial score (nSPS) is 11.3. The third-order valence-corrected chi connectivity index (χ3v) is 4.30. The highest BCUT2D eigenvalue weighted by Gasteiger charge is 2.19. The molecule has 0 aliphatic carbocycles. The Labute approximate surface area is 134 Å². The third kappa shape index (κ3) is 3.30. The van der Waals surface area contributed by atoms with Crippen molar-refractivity contribution >= 4 is 38.2 Å². The van der Waals surface area contributed by atoms with Crippen LogP contribution in [0.5, 0.6) is 0 Å². The number of halogens is 1. The lowest BCUT2D eigenvalue weighted by atomic mass is 10.1. The van der Waals surface area contributed by atoms with Crippen LogP contribution in [0.2, 0.25) is 0 Å². The molecule has 1 aromatic heterocycles. The molecule has 0 spiro atoms. The molecule has 0 fully saturated rings. The highest BCUT2D eigenvalue weighted by molar-refractivity contribution is 9.10. The topological polar surface area (TPSA) is 62.4 Å². The van der Waals surface area contributed by atoms with Gasteiger partial charge in [-0.05, 0) is 47.0 Å². The highest BCUT2D eigenvalue weighted by Crippen LogP contribution is 2.32. The second kappa shape index (κ2) is 7.09. The summed E-state index contributed by atoms with van der Waals surface area (Å²) in [6, 6.07) is 6.30. The Hall–Kier alpha value is -1.33. The Balaban J connectivity index is 2.60.